The van der Waals surface area contributed by atoms with Crippen LogP contribution in [0.4, 0.5) is 4.39 Å². The molecule has 0 fully saturated rings. The van der Waals surface area contributed by atoms with Gasteiger partial charge in [-0.05, 0) is 42.9 Å². The highest BCUT2D eigenvalue weighted by Gasteiger charge is 2.24. The first-order valence-electron chi connectivity index (χ1n) is 7.45. The predicted molar refractivity (Wildman–Crippen MR) is 82.8 cm³/mol. The van der Waals surface area contributed by atoms with Crippen LogP contribution >= 0.6 is 0 Å². The average molecular weight is 281 g/mol. The fourth-order valence-electron chi connectivity index (χ4n) is 2.37. The molecule has 1 aromatic rings. The van der Waals surface area contributed by atoms with Gasteiger partial charge in [0.25, 0.3) is 0 Å². The van der Waals surface area contributed by atoms with Gasteiger partial charge in [0, 0.05) is 6.04 Å². The van der Waals surface area contributed by atoms with E-state index in [1.165, 1.54) is 7.11 Å². The van der Waals surface area contributed by atoms with Gasteiger partial charge in [-0.1, -0.05) is 39.8 Å². The molecule has 1 unspecified atom stereocenters. The Morgan fingerprint density at radius 3 is 2.55 bits per heavy atom. The van der Waals surface area contributed by atoms with E-state index < -0.39 is 0 Å². The maximum atomic E-state index is 14.1. The Bertz CT molecular complexity index is 412. The van der Waals surface area contributed by atoms with Gasteiger partial charge in [-0.25, -0.2) is 4.39 Å². The second kappa shape index (κ2) is 7.63. The van der Waals surface area contributed by atoms with Crippen LogP contribution in [0.3, 0.4) is 0 Å². The fraction of sp³-hybridized carbons (Fsp3) is 0.647. The molecule has 20 heavy (non-hydrogen) atoms. The molecule has 0 radical (unpaired) electrons. The topological polar surface area (TPSA) is 21.3 Å². The largest absolute Gasteiger partial charge is 0.494 e. The van der Waals surface area contributed by atoms with E-state index in [9.17, 15) is 4.39 Å². The summed E-state index contributed by atoms with van der Waals surface area (Å²) in [5.41, 5.74) is 0.904. The van der Waals surface area contributed by atoms with Gasteiger partial charge >= 0.3 is 0 Å². The van der Waals surface area contributed by atoms with E-state index in [1.807, 2.05) is 12.1 Å². The molecule has 2 nitrogen and oxygen atoms in total. The van der Waals surface area contributed by atoms with Crippen LogP contribution in [-0.2, 0) is 6.42 Å². The summed E-state index contributed by atoms with van der Waals surface area (Å²) in [4.78, 5) is 0. The zero-order valence-electron chi connectivity index (χ0n) is 13.4. The number of hydrogen-bond donors (Lipinski definition) is 1. The summed E-state index contributed by atoms with van der Waals surface area (Å²) in [6, 6.07) is 5.74. The second-order valence-electron chi connectivity index (χ2n) is 6.34. The predicted octanol–water partition coefficient (Wildman–Crippen LogP) is 4.18. The normalized spacial score (nSPS) is 13.3. The molecule has 0 aromatic heterocycles. The monoisotopic (exact) mass is 281 g/mol. The van der Waals surface area contributed by atoms with Gasteiger partial charge in [-0.15, -0.1) is 0 Å². The third-order valence-electron chi connectivity index (χ3n) is 3.65. The molecule has 0 aliphatic rings. The Morgan fingerprint density at radius 1 is 1.30 bits per heavy atom. The first-order chi connectivity index (χ1) is 9.40. The van der Waals surface area contributed by atoms with Crippen LogP contribution in [-0.4, -0.2) is 19.7 Å². The average Bonchev–Trinajstić information content (AvgIpc) is 2.39. The van der Waals surface area contributed by atoms with Gasteiger partial charge in [0.05, 0.1) is 7.11 Å². The van der Waals surface area contributed by atoms with Crippen LogP contribution in [0, 0.1) is 11.2 Å². The number of ether oxygens (including phenoxy) is 1. The first-order valence-corrected chi connectivity index (χ1v) is 7.45. The second-order valence-corrected chi connectivity index (χ2v) is 6.34. The van der Waals surface area contributed by atoms with Gasteiger partial charge in [-0.3, -0.25) is 0 Å². The van der Waals surface area contributed by atoms with E-state index in [-0.39, 0.29) is 11.2 Å². The quantitative estimate of drug-likeness (QED) is 0.809. The Kier molecular flexibility index (Phi) is 6.47. The summed E-state index contributed by atoms with van der Waals surface area (Å²) in [5.74, 6) is 0.106. The lowest BCUT2D eigenvalue weighted by Crippen LogP contribution is -2.41. The molecular formula is C17H28FNO. The first kappa shape index (κ1) is 17.0. The highest BCUT2D eigenvalue weighted by molar-refractivity contribution is 5.31. The maximum Gasteiger partial charge on any atom is 0.168 e. The zero-order valence-corrected chi connectivity index (χ0v) is 13.4. The van der Waals surface area contributed by atoms with Crippen LogP contribution < -0.4 is 10.1 Å². The minimum atomic E-state index is -0.224. The van der Waals surface area contributed by atoms with E-state index in [2.05, 4.69) is 33.0 Å². The van der Waals surface area contributed by atoms with Crippen molar-refractivity contribution in [1.29, 1.82) is 0 Å². The van der Waals surface area contributed by atoms with Crippen molar-refractivity contribution < 1.29 is 9.13 Å². The smallest absolute Gasteiger partial charge is 0.168 e. The molecule has 0 amide bonds. The number of benzene rings is 1. The lowest BCUT2D eigenvalue weighted by molar-refractivity contribution is 0.254. The number of nitrogens with one attached hydrogen (secondary N) is 1. The molecule has 0 saturated heterocycles. The van der Waals surface area contributed by atoms with Crippen LogP contribution in [0.25, 0.3) is 0 Å². The summed E-state index contributed by atoms with van der Waals surface area (Å²) in [6.07, 6.45) is 2.76. The van der Waals surface area contributed by atoms with E-state index in [4.69, 9.17) is 4.74 Å². The molecule has 1 N–H and O–H groups in total. The Hall–Kier alpha value is -1.09. The van der Waals surface area contributed by atoms with Crippen molar-refractivity contribution in [2.24, 2.45) is 5.41 Å². The highest BCUT2D eigenvalue weighted by atomic mass is 19.1. The summed E-state index contributed by atoms with van der Waals surface area (Å²) < 4.78 is 19.2. The van der Waals surface area contributed by atoms with Crippen molar-refractivity contribution in [2.75, 3.05) is 13.7 Å². The summed E-state index contributed by atoms with van der Waals surface area (Å²) in [6.45, 7) is 9.84. The van der Waals surface area contributed by atoms with Gasteiger partial charge in [0.15, 0.2) is 11.6 Å². The van der Waals surface area contributed by atoms with Crippen LogP contribution in [0.1, 0.15) is 46.1 Å². The number of aryl methyl sites for hydroxylation is 1. The van der Waals surface area contributed by atoms with Gasteiger partial charge in [-0.2, -0.15) is 0 Å². The molecule has 1 atom stereocenters. The van der Waals surface area contributed by atoms with E-state index in [1.54, 1.807) is 6.07 Å². The minimum absolute atomic E-state index is 0.171. The summed E-state index contributed by atoms with van der Waals surface area (Å²) in [7, 11) is 1.50. The molecule has 3 heteroatoms. The van der Waals surface area contributed by atoms with Crippen molar-refractivity contribution in [2.45, 2.75) is 53.0 Å². The number of hydrogen-bond acceptors (Lipinski definition) is 2. The molecular weight excluding hydrogens is 253 g/mol. The molecule has 0 aliphatic carbocycles. The Labute approximate surface area is 122 Å². The molecule has 1 rings (SSSR count). The van der Waals surface area contributed by atoms with Crippen molar-refractivity contribution in [3.8, 4) is 5.75 Å². The number of halogens is 1. The third kappa shape index (κ3) is 4.78. The van der Waals surface area contributed by atoms with Crippen molar-refractivity contribution in [3.63, 3.8) is 0 Å². The summed E-state index contributed by atoms with van der Waals surface area (Å²) >= 11 is 0. The molecule has 0 heterocycles. The molecule has 0 saturated carbocycles. The van der Waals surface area contributed by atoms with Crippen molar-refractivity contribution in [1.82, 2.24) is 5.32 Å². The van der Waals surface area contributed by atoms with Gasteiger partial charge < -0.3 is 10.1 Å². The maximum absolute atomic E-state index is 14.1. The Morgan fingerprint density at radius 2 is 2.00 bits per heavy atom. The molecule has 114 valence electrons. The van der Waals surface area contributed by atoms with Crippen LogP contribution in [0.15, 0.2) is 18.2 Å². The van der Waals surface area contributed by atoms with Gasteiger partial charge in [0.1, 0.15) is 0 Å². The van der Waals surface area contributed by atoms with Crippen molar-refractivity contribution >= 4 is 0 Å². The lowest BCUT2D eigenvalue weighted by atomic mass is 9.83. The van der Waals surface area contributed by atoms with E-state index in [0.717, 1.165) is 31.4 Å². The Balaban J connectivity index is 2.72. The van der Waals surface area contributed by atoms with E-state index >= 15 is 0 Å². The summed E-state index contributed by atoms with van der Waals surface area (Å²) in [5, 5.41) is 3.57. The molecule has 1 aromatic carbocycles. The lowest BCUT2D eigenvalue weighted by Gasteiger charge is -2.32. The third-order valence-corrected chi connectivity index (χ3v) is 3.65. The molecule has 0 aliphatic heterocycles. The SMILES string of the molecule is CCCNC(CCc1cccc(OC)c1F)C(C)(C)C. The van der Waals surface area contributed by atoms with Crippen LogP contribution in [0.5, 0.6) is 5.75 Å². The van der Waals surface area contributed by atoms with E-state index in [0.29, 0.717) is 11.8 Å². The van der Waals surface area contributed by atoms with Gasteiger partial charge in [0.2, 0.25) is 0 Å². The zero-order chi connectivity index (χ0) is 15.2. The van der Waals surface area contributed by atoms with Crippen molar-refractivity contribution in [3.05, 3.63) is 29.6 Å². The fourth-order valence-corrected chi connectivity index (χ4v) is 2.37. The minimum Gasteiger partial charge on any atom is -0.494 e. The molecule has 0 spiro atoms. The standard InChI is InChI=1S/C17H28FNO/c1-6-12-19-15(17(2,3)4)11-10-13-8-7-9-14(20-5)16(13)18/h7-9,15,19H,6,10-12H2,1-5H3. The molecule has 0 bridgehead atoms. The van der Waals surface area contributed by atoms with Crippen LogP contribution in [0.2, 0.25) is 0 Å². The highest BCUT2D eigenvalue weighted by Crippen LogP contribution is 2.26. The number of rotatable bonds is 7. The number of methoxy groups -OCH3 is 1.